The molecule has 0 aliphatic carbocycles. The van der Waals surface area contributed by atoms with Crippen LogP contribution in [0.25, 0.3) is 16.8 Å². The number of aliphatic hydroxyl groups is 1. The molecule has 1 aromatic carbocycles. The minimum absolute atomic E-state index is 0.139. The number of aryl methyl sites for hydroxylation is 1. The number of hydrogen-bond acceptors (Lipinski definition) is 6. The number of nitrogens with two attached hydrogens (primary N) is 1. The minimum atomic E-state index is -6.24. The van der Waals surface area contributed by atoms with Crippen molar-refractivity contribution >= 4 is 23.1 Å². The lowest BCUT2D eigenvalue weighted by molar-refractivity contribution is -0.367. The van der Waals surface area contributed by atoms with Gasteiger partial charge in [-0.1, -0.05) is 0 Å². The van der Waals surface area contributed by atoms with E-state index in [0.29, 0.717) is 21.7 Å². The van der Waals surface area contributed by atoms with Crippen LogP contribution in [-0.2, 0) is 4.79 Å². The molecule has 41 heavy (non-hydrogen) atoms. The van der Waals surface area contributed by atoms with Gasteiger partial charge in [0.25, 0.3) is 11.5 Å². The summed E-state index contributed by atoms with van der Waals surface area (Å²) in [5.41, 5.74) is 1.75. The molecular weight excluding hydrogens is 572 g/mol. The van der Waals surface area contributed by atoms with Gasteiger partial charge in [-0.3, -0.25) is 9.59 Å². The Labute approximate surface area is 225 Å². The molecular formula is C24H22F8N6O3. The summed E-state index contributed by atoms with van der Waals surface area (Å²) in [7, 11) is 0. The maximum absolute atomic E-state index is 14.9. The van der Waals surface area contributed by atoms with E-state index < -0.39 is 67.3 Å². The topological polar surface area (TPSA) is 126 Å². The van der Waals surface area contributed by atoms with Crippen molar-refractivity contribution in [2.24, 2.45) is 0 Å². The van der Waals surface area contributed by atoms with Gasteiger partial charge >= 0.3 is 12.4 Å². The number of halogens is 8. The molecule has 3 heterocycles. The van der Waals surface area contributed by atoms with Crippen LogP contribution < -0.4 is 11.1 Å². The molecule has 0 saturated carbocycles. The number of nitrogens with zero attached hydrogens (tertiary/aromatic N) is 4. The molecule has 1 fully saturated rings. The van der Waals surface area contributed by atoms with Crippen LogP contribution in [0.3, 0.4) is 0 Å². The number of hydrogen-bond donors (Lipinski definition) is 3. The van der Waals surface area contributed by atoms with Crippen molar-refractivity contribution in [1.82, 2.24) is 24.8 Å². The zero-order chi connectivity index (χ0) is 30.7. The fourth-order valence-corrected chi connectivity index (χ4v) is 4.56. The molecule has 0 radical (unpaired) electrons. The number of amides is 2. The van der Waals surface area contributed by atoms with E-state index in [-0.39, 0.29) is 22.5 Å². The van der Waals surface area contributed by atoms with E-state index in [1.54, 1.807) is 13.0 Å². The number of aromatic nitrogens is 3. The quantitative estimate of drug-likeness (QED) is 0.390. The van der Waals surface area contributed by atoms with Gasteiger partial charge in [0.2, 0.25) is 5.91 Å². The Bertz CT molecular complexity index is 1510. The maximum atomic E-state index is 14.9. The lowest BCUT2D eigenvalue weighted by Gasteiger charge is -2.32. The lowest BCUT2D eigenvalue weighted by atomic mass is 9.97. The predicted molar refractivity (Wildman–Crippen MR) is 127 cm³/mol. The van der Waals surface area contributed by atoms with Crippen LogP contribution in [-0.4, -0.2) is 79.7 Å². The smallest absolute Gasteiger partial charge is 0.382 e. The van der Waals surface area contributed by atoms with Gasteiger partial charge in [-0.2, -0.15) is 31.4 Å². The van der Waals surface area contributed by atoms with E-state index in [1.165, 1.54) is 23.8 Å². The van der Waals surface area contributed by atoms with Gasteiger partial charge < -0.3 is 21.1 Å². The molecule has 4 rings (SSSR count). The van der Waals surface area contributed by atoms with Crippen LogP contribution in [0, 0.1) is 19.7 Å². The Balaban J connectivity index is 1.56. The molecule has 0 spiro atoms. The van der Waals surface area contributed by atoms with Crippen molar-refractivity contribution in [3.05, 3.63) is 47.0 Å². The molecule has 222 valence electrons. The number of alkyl halides is 7. The highest BCUT2D eigenvalue weighted by molar-refractivity contribution is 5.97. The third-order valence-electron chi connectivity index (χ3n) is 6.92. The van der Waals surface area contributed by atoms with Gasteiger partial charge in [0, 0.05) is 17.7 Å². The third kappa shape index (κ3) is 5.25. The standard InChI is InChI=1S/C24H22F8N6O3/c1-10-3-17(38-19(10)20(33)34-9-35-38)12-4-13(11(2)14(25)5-12)21(40)36-16-8-37(7-15(16)26)18(39)6-22(41,23(27,28)29)24(30,31)32/h3-5,9,15-16,41H,6-8H2,1-2H3,(H,36,40)(H2,33,34,35)/t15-,16+/m0/s1. The SMILES string of the molecule is Cc1c(F)cc(-c2cc(C)c3c(N)ncnn23)cc1C(=O)N[C@@H]1CN(C(=O)CC(O)(C(F)(F)F)C(F)(F)F)C[C@@H]1F. The first kappa shape index (κ1) is 30.0. The predicted octanol–water partition coefficient (Wildman–Crippen LogP) is 3.26. The molecule has 2 amide bonds. The number of carbonyl (C=O) groups excluding carboxylic acids is 2. The zero-order valence-electron chi connectivity index (χ0n) is 21.2. The number of carbonyl (C=O) groups is 2. The average molecular weight is 594 g/mol. The molecule has 1 aliphatic rings. The molecule has 1 saturated heterocycles. The number of likely N-dealkylation sites (tertiary alicyclic amines) is 1. The number of fused-ring (bicyclic) bond motifs is 1. The van der Waals surface area contributed by atoms with E-state index in [4.69, 9.17) is 5.73 Å². The number of nitrogens with one attached hydrogen (secondary N) is 1. The Morgan fingerprint density at radius 3 is 2.34 bits per heavy atom. The second kappa shape index (κ2) is 10.1. The Kier molecular flexibility index (Phi) is 7.39. The summed E-state index contributed by atoms with van der Waals surface area (Å²) < 4.78 is 109. The van der Waals surface area contributed by atoms with Crippen LogP contribution in [0.15, 0.2) is 24.5 Å². The highest BCUT2D eigenvalue weighted by Crippen LogP contribution is 2.45. The van der Waals surface area contributed by atoms with E-state index >= 15 is 0 Å². The van der Waals surface area contributed by atoms with Crippen LogP contribution in [0.1, 0.15) is 27.9 Å². The van der Waals surface area contributed by atoms with Crippen molar-refractivity contribution < 1.29 is 49.8 Å². The molecule has 3 aromatic rings. The number of benzene rings is 1. The average Bonchev–Trinajstić information content (AvgIpc) is 3.39. The summed E-state index contributed by atoms with van der Waals surface area (Å²) >= 11 is 0. The van der Waals surface area contributed by atoms with E-state index in [0.717, 1.165) is 6.07 Å². The molecule has 4 N–H and O–H groups in total. The van der Waals surface area contributed by atoms with Crippen LogP contribution in [0.4, 0.5) is 40.9 Å². The summed E-state index contributed by atoms with van der Waals surface area (Å²) in [6.07, 6.45) is -15.8. The maximum Gasteiger partial charge on any atom is 0.426 e. The number of rotatable bonds is 5. The Hall–Kier alpha value is -4.02. The molecule has 17 heteroatoms. The van der Waals surface area contributed by atoms with E-state index in [9.17, 15) is 49.8 Å². The second-order valence-electron chi connectivity index (χ2n) is 9.68. The van der Waals surface area contributed by atoms with E-state index in [2.05, 4.69) is 15.4 Å². The first-order chi connectivity index (χ1) is 18.9. The molecule has 0 unspecified atom stereocenters. The number of anilines is 1. The van der Waals surface area contributed by atoms with Crippen molar-refractivity contribution in [3.63, 3.8) is 0 Å². The third-order valence-corrected chi connectivity index (χ3v) is 6.92. The van der Waals surface area contributed by atoms with Gasteiger partial charge in [-0.15, -0.1) is 0 Å². The fourth-order valence-electron chi connectivity index (χ4n) is 4.56. The Morgan fingerprint density at radius 1 is 1.10 bits per heavy atom. The van der Waals surface area contributed by atoms with Crippen LogP contribution >= 0.6 is 0 Å². The van der Waals surface area contributed by atoms with Crippen molar-refractivity contribution in [2.45, 2.75) is 50.4 Å². The van der Waals surface area contributed by atoms with Gasteiger partial charge in [0.05, 0.1) is 24.7 Å². The molecule has 0 bridgehead atoms. The summed E-state index contributed by atoms with van der Waals surface area (Å²) in [6, 6.07) is 2.48. The van der Waals surface area contributed by atoms with Gasteiger partial charge in [-0.25, -0.2) is 18.3 Å². The Morgan fingerprint density at radius 2 is 1.73 bits per heavy atom. The van der Waals surface area contributed by atoms with Gasteiger partial charge in [-0.05, 0) is 43.2 Å². The monoisotopic (exact) mass is 594 g/mol. The van der Waals surface area contributed by atoms with Gasteiger partial charge in [0.1, 0.15) is 23.8 Å². The van der Waals surface area contributed by atoms with Crippen LogP contribution in [0.2, 0.25) is 0 Å². The van der Waals surface area contributed by atoms with E-state index in [1.807, 2.05) is 0 Å². The molecule has 9 nitrogen and oxygen atoms in total. The number of nitrogen functional groups attached to an aromatic ring is 1. The largest absolute Gasteiger partial charge is 0.426 e. The first-order valence-corrected chi connectivity index (χ1v) is 11.8. The normalized spacial score (nSPS) is 18.3. The first-order valence-electron chi connectivity index (χ1n) is 11.8. The zero-order valence-corrected chi connectivity index (χ0v) is 21.2. The van der Waals surface area contributed by atoms with Crippen LogP contribution in [0.5, 0.6) is 0 Å². The summed E-state index contributed by atoms with van der Waals surface area (Å²) in [4.78, 5) is 29.5. The van der Waals surface area contributed by atoms with Crippen molar-refractivity contribution in [3.8, 4) is 11.3 Å². The second-order valence-corrected chi connectivity index (χ2v) is 9.68. The van der Waals surface area contributed by atoms with Gasteiger partial charge in [0.15, 0.2) is 5.82 Å². The lowest BCUT2D eigenvalue weighted by Crippen LogP contribution is -2.59. The fraction of sp³-hybridized carbons (Fsp3) is 0.417. The molecule has 2 aromatic heterocycles. The highest BCUT2D eigenvalue weighted by Gasteiger charge is 2.71. The van der Waals surface area contributed by atoms with Crippen molar-refractivity contribution in [2.75, 3.05) is 18.8 Å². The summed E-state index contributed by atoms with van der Waals surface area (Å²) in [6.45, 7) is 1.23. The van der Waals surface area contributed by atoms with Crippen molar-refractivity contribution in [1.29, 1.82) is 0 Å². The highest BCUT2D eigenvalue weighted by atomic mass is 19.4. The minimum Gasteiger partial charge on any atom is -0.382 e. The summed E-state index contributed by atoms with van der Waals surface area (Å²) in [5.74, 6) is -3.52. The molecule has 1 aliphatic heterocycles. The summed E-state index contributed by atoms with van der Waals surface area (Å²) in [5, 5.41) is 15.6. The molecule has 2 atom stereocenters.